The van der Waals surface area contributed by atoms with Gasteiger partial charge >= 0.3 is 0 Å². The highest BCUT2D eigenvalue weighted by atomic mass is 35.5. The Kier molecular flexibility index (Phi) is 4.18. The van der Waals surface area contributed by atoms with E-state index < -0.39 is 0 Å². The van der Waals surface area contributed by atoms with Crippen LogP contribution in [0.3, 0.4) is 0 Å². The predicted octanol–water partition coefficient (Wildman–Crippen LogP) is 3.16. The van der Waals surface area contributed by atoms with Crippen molar-refractivity contribution in [2.45, 2.75) is 20.0 Å². The van der Waals surface area contributed by atoms with E-state index in [0.717, 1.165) is 0 Å². The molecule has 116 valence electrons. The largest absolute Gasteiger partial charge is 0.375 e. The summed E-state index contributed by atoms with van der Waals surface area (Å²) in [4.78, 5) is 14.6. The predicted molar refractivity (Wildman–Crippen MR) is 83.0 cm³/mol. The topological polar surface area (TPSA) is 55.6 Å². The molecule has 2 aromatic rings. The fourth-order valence-electron chi connectivity index (χ4n) is 2.62. The molecule has 22 heavy (non-hydrogen) atoms. The lowest BCUT2D eigenvalue weighted by Crippen LogP contribution is -2.44. The number of morpholine rings is 1. The summed E-state index contributed by atoms with van der Waals surface area (Å²) >= 11 is 6.23. The van der Waals surface area contributed by atoms with Gasteiger partial charge < -0.3 is 14.2 Å². The Labute approximate surface area is 133 Å². The van der Waals surface area contributed by atoms with Gasteiger partial charge in [-0.05, 0) is 19.9 Å². The van der Waals surface area contributed by atoms with Gasteiger partial charge in [0.2, 0.25) is 0 Å². The number of amides is 1. The van der Waals surface area contributed by atoms with Crippen LogP contribution in [0.2, 0.25) is 5.02 Å². The van der Waals surface area contributed by atoms with Crippen LogP contribution in [0.5, 0.6) is 0 Å². The van der Waals surface area contributed by atoms with Crippen molar-refractivity contribution in [1.82, 2.24) is 10.1 Å². The van der Waals surface area contributed by atoms with E-state index in [0.29, 0.717) is 47.3 Å². The zero-order chi connectivity index (χ0) is 15.7. The number of hydrogen-bond donors (Lipinski definition) is 0. The van der Waals surface area contributed by atoms with E-state index in [1.165, 1.54) is 0 Å². The van der Waals surface area contributed by atoms with Gasteiger partial charge in [0, 0.05) is 18.7 Å². The van der Waals surface area contributed by atoms with E-state index in [9.17, 15) is 4.79 Å². The van der Waals surface area contributed by atoms with Crippen LogP contribution in [0.4, 0.5) is 0 Å². The minimum atomic E-state index is -0.0937. The van der Waals surface area contributed by atoms with Crippen LogP contribution < -0.4 is 0 Å². The smallest absolute Gasteiger partial charge is 0.259 e. The maximum atomic E-state index is 12.9. The average molecular weight is 321 g/mol. The van der Waals surface area contributed by atoms with Gasteiger partial charge in [0.1, 0.15) is 17.0 Å². The van der Waals surface area contributed by atoms with Crippen LogP contribution in [0.1, 0.15) is 23.0 Å². The summed E-state index contributed by atoms with van der Waals surface area (Å²) < 4.78 is 10.7. The monoisotopic (exact) mass is 320 g/mol. The van der Waals surface area contributed by atoms with Crippen LogP contribution in [-0.2, 0) is 4.74 Å². The van der Waals surface area contributed by atoms with Gasteiger partial charge in [0.25, 0.3) is 5.91 Å². The van der Waals surface area contributed by atoms with Crippen LogP contribution in [-0.4, -0.2) is 41.8 Å². The van der Waals surface area contributed by atoms with Crippen molar-refractivity contribution in [3.63, 3.8) is 0 Å². The van der Waals surface area contributed by atoms with Gasteiger partial charge in [-0.2, -0.15) is 0 Å². The summed E-state index contributed by atoms with van der Waals surface area (Å²) in [5.41, 5.74) is 1.67. The first-order valence-electron chi connectivity index (χ1n) is 7.20. The number of hydrogen-bond acceptors (Lipinski definition) is 4. The number of nitrogens with zero attached hydrogens (tertiary/aromatic N) is 2. The first-order valence-corrected chi connectivity index (χ1v) is 7.57. The second kappa shape index (κ2) is 6.10. The molecule has 0 bridgehead atoms. The summed E-state index contributed by atoms with van der Waals surface area (Å²) in [5, 5.41) is 4.59. The van der Waals surface area contributed by atoms with Crippen molar-refractivity contribution in [3.8, 4) is 11.3 Å². The fourth-order valence-corrected chi connectivity index (χ4v) is 2.85. The van der Waals surface area contributed by atoms with Gasteiger partial charge in [-0.1, -0.05) is 35.0 Å². The van der Waals surface area contributed by atoms with Crippen LogP contribution in [0, 0.1) is 6.92 Å². The van der Waals surface area contributed by atoms with Crippen molar-refractivity contribution < 1.29 is 14.1 Å². The van der Waals surface area contributed by atoms with Crippen molar-refractivity contribution in [3.05, 3.63) is 40.6 Å². The van der Waals surface area contributed by atoms with Crippen molar-refractivity contribution in [1.29, 1.82) is 0 Å². The second-order valence-electron chi connectivity index (χ2n) is 5.37. The highest BCUT2D eigenvalue weighted by Gasteiger charge is 2.29. The molecule has 1 saturated heterocycles. The molecule has 1 amide bonds. The first-order chi connectivity index (χ1) is 10.6. The molecule has 1 aliphatic rings. The number of rotatable bonds is 2. The summed E-state index contributed by atoms with van der Waals surface area (Å²) in [6, 6.07) is 7.30. The Hall–Kier alpha value is -1.85. The molecule has 0 spiro atoms. The molecule has 0 radical (unpaired) electrons. The fraction of sp³-hybridized carbons (Fsp3) is 0.375. The Bertz CT molecular complexity index is 698. The Morgan fingerprint density at radius 3 is 2.91 bits per heavy atom. The number of benzene rings is 1. The molecule has 1 aromatic heterocycles. The molecule has 0 aliphatic carbocycles. The summed E-state index contributed by atoms with van der Waals surface area (Å²) in [5.74, 6) is 0.405. The molecule has 0 N–H and O–H groups in total. The van der Waals surface area contributed by atoms with Gasteiger partial charge in [-0.25, -0.2) is 0 Å². The third-order valence-corrected chi connectivity index (χ3v) is 4.06. The normalized spacial score (nSPS) is 18.5. The van der Waals surface area contributed by atoms with E-state index >= 15 is 0 Å². The molecular weight excluding hydrogens is 304 g/mol. The van der Waals surface area contributed by atoms with Gasteiger partial charge in [0.15, 0.2) is 0 Å². The molecule has 1 aromatic carbocycles. The number of aryl methyl sites for hydroxylation is 1. The lowest BCUT2D eigenvalue weighted by atomic mass is 10.0. The summed E-state index contributed by atoms with van der Waals surface area (Å²) in [6.45, 7) is 5.36. The molecule has 2 heterocycles. The number of aromatic nitrogens is 1. The number of halogens is 1. The number of ether oxygens (including phenoxy) is 1. The van der Waals surface area contributed by atoms with Gasteiger partial charge in [0.05, 0.1) is 17.7 Å². The highest BCUT2D eigenvalue weighted by Crippen LogP contribution is 2.31. The average Bonchev–Trinajstić information content (AvgIpc) is 2.88. The van der Waals surface area contributed by atoms with Crippen LogP contribution >= 0.6 is 11.6 Å². The Balaban J connectivity index is 1.99. The zero-order valence-electron chi connectivity index (χ0n) is 12.5. The van der Waals surface area contributed by atoms with Crippen LogP contribution in [0.15, 0.2) is 28.8 Å². The van der Waals surface area contributed by atoms with E-state index in [-0.39, 0.29) is 12.0 Å². The third kappa shape index (κ3) is 2.74. The molecule has 1 aliphatic heterocycles. The minimum absolute atomic E-state index is 0.0293. The standard InChI is InChI=1S/C16H17ClN2O3/c1-10-9-19(7-8-21-10)16(20)14-11(2)22-18-15(14)12-5-3-4-6-13(12)17/h3-6,10H,7-9H2,1-2H3. The van der Waals surface area contributed by atoms with E-state index in [2.05, 4.69) is 5.16 Å². The van der Waals surface area contributed by atoms with E-state index in [1.54, 1.807) is 17.9 Å². The molecule has 3 rings (SSSR count). The summed E-state index contributed by atoms with van der Waals surface area (Å²) in [7, 11) is 0. The Morgan fingerprint density at radius 1 is 1.41 bits per heavy atom. The van der Waals surface area contributed by atoms with Gasteiger partial charge in [-0.3, -0.25) is 4.79 Å². The van der Waals surface area contributed by atoms with Crippen molar-refractivity contribution in [2.24, 2.45) is 0 Å². The molecule has 5 nitrogen and oxygen atoms in total. The molecule has 1 atom stereocenters. The summed E-state index contributed by atoms with van der Waals surface area (Å²) in [6.07, 6.45) is 0.0293. The van der Waals surface area contributed by atoms with Gasteiger partial charge in [-0.15, -0.1) is 0 Å². The highest BCUT2D eigenvalue weighted by molar-refractivity contribution is 6.33. The molecule has 0 saturated carbocycles. The maximum Gasteiger partial charge on any atom is 0.259 e. The third-order valence-electron chi connectivity index (χ3n) is 3.73. The van der Waals surface area contributed by atoms with Crippen molar-refractivity contribution in [2.75, 3.05) is 19.7 Å². The molecular formula is C16H17ClN2O3. The first kappa shape index (κ1) is 15.1. The second-order valence-corrected chi connectivity index (χ2v) is 5.78. The Morgan fingerprint density at radius 2 is 2.18 bits per heavy atom. The van der Waals surface area contributed by atoms with E-state index in [4.69, 9.17) is 20.9 Å². The van der Waals surface area contributed by atoms with Crippen molar-refractivity contribution >= 4 is 17.5 Å². The minimum Gasteiger partial charge on any atom is -0.375 e. The molecule has 1 unspecified atom stereocenters. The molecule has 6 heteroatoms. The lowest BCUT2D eigenvalue weighted by molar-refractivity contribution is -0.0124. The quantitative estimate of drug-likeness (QED) is 0.853. The maximum absolute atomic E-state index is 12.9. The van der Waals surface area contributed by atoms with Crippen LogP contribution in [0.25, 0.3) is 11.3 Å². The number of carbonyl (C=O) groups is 1. The zero-order valence-corrected chi connectivity index (χ0v) is 13.3. The number of carbonyl (C=O) groups excluding carboxylic acids is 1. The lowest BCUT2D eigenvalue weighted by Gasteiger charge is -2.31. The molecule has 1 fully saturated rings. The SMILES string of the molecule is Cc1onc(-c2ccccc2Cl)c1C(=O)N1CCOC(C)C1. The van der Waals surface area contributed by atoms with E-state index in [1.807, 2.05) is 25.1 Å².